The monoisotopic (exact) mass is 174 g/mol. The van der Waals surface area contributed by atoms with Gasteiger partial charge in [0.05, 0.1) is 0 Å². The first-order valence-corrected chi connectivity index (χ1v) is 3.44. The van der Waals surface area contributed by atoms with Crippen molar-refractivity contribution < 1.29 is 9.53 Å². The van der Waals surface area contributed by atoms with Crippen LogP contribution in [0.5, 0.6) is 0 Å². The van der Waals surface area contributed by atoms with Gasteiger partial charge in [-0.1, -0.05) is 6.58 Å². The Morgan fingerprint density at radius 3 is 2.25 bits per heavy atom. The first-order chi connectivity index (χ1) is 4.83. The summed E-state index contributed by atoms with van der Waals surface area (Å²) in [4.78, 5) is 10.8. The molecule has 0 aliphatic carbocycles. The van der Waals surface area contributed by atoms with Gasteiger partial charge in [-0.2, -0.15) is 0 Å². The van der Waals surface area contributed by atoms with Crippen molar-refractivity contribution in [1.29, 1.82) is 0 Å². The van der Waals surface area contributed by atoms with Crippen LogP contribution < -0.4 is 11.9 Å². The predicted octanol–water partition coefficient (Wildman–Crippen LogP) is 1.00. The Morgan fingerprint density at radius 1 is 1.58 bits per heavy atom. The van der Waals surface area contributed by atoms with Crippen LogP contribution in [0, 0.1) is 0 Å². The van der Waals surface area contributed by atoms with E-state index >= 15 is 0 Å². The van der Waals surface area contributed by atoms with Crippen molar-refractivity contribution in [2.75, 3.05) is 6.61 Å². The minimum Gasteiger partial charge on any atom is -0.460 e. The lowest BCUT2D eigenvalue weighted by atomic mass is 10.1. The molecule has 0 amide bonds. The normalized spacial score (nSPS) is 10.0. The number of carbonyl (C=O) groups excluding carboxylic acids is 1. The van der Waals surface area contributed by atoms with Crippen molar-refractivity contribution in [3.8, 4) is 0 Å². The molecule has 0 rings (SSSR count). The Labute approximate surface area is 73.4 Å². The molecular weight excluding hydrogens is 156 g/mol. The Morgan fingerprint density at radius 2 is 2.00 bits per heavy atom. The van der Waals surface area contributed by atoms with Gasteiger partial charge in [-0.3, -0.25) is 0 Å². The molecule has 0 unspecified atom stereocenters. The summed E-state index contributed by atoms with van der Waals surface area (Å²) < 4.78 is 4.80. The van der Waals surface area contributed by atoms with Gasteiger partial charge in [0.25, 0.3) is 0 Å². The van der Waals surface area contributed by atoms with Gasteiger partial charge in [0, 0.05) is 11.1 Å². The minimum atomic E-state index is -0.467. The maximum atomic E-state index is 10.8. The van der Waals surface area contributed by atoms with Gasteiger partial charge in [0.15, 0.2) is 0 Å². The molecule has 0 bridgehead atoms. The lowest BCUT2D eigenvalue weighted by Crippen LogP contribution is -2.38. The standard InChI is InChI=1S/C8H15NO2.H3N/c1-6(2)7(10)11-5-8(3,4)9;/h1,5,9H2,2-4H3;1H3. The van der Waals surface area contributed by atoms with Gasteiger partial charge in [-0.25, -0.2) is 4.79 Å². The minimum absolute atomic E-state index is 0. The van der Waals surface area contributed by atoms with E-state index in [4.69, 9.17) is 10.5 Å². The van der Waals surface area contributed by atoms with Crippen molar-refractivity contribution in [2.45, 2.75) is 26.3 Å². The third-order valence-electron chi connectivity index (χ3n) is 0.924. The topological polar surface area (TPSA) is 87.3 Å². The molecule has 0 fully saturated rings. The highest BCUT2D eigenvalue weighted by molar-refractivity contribution is 5.86. The smallest absolute Gasteiger partial charge is 0.333 e. The highest BCUT2D eigenvalue weighted by Gasteiger charge is 2.13. The van der Waals surface area contributed by atoms with Gasteiger partial charge in [0.2, 0.25) is 0 Å². The molecule has 0 aliphatic heterocycles. The van der Waals surface area contributed by atoms with E-state index in [1.807, 2.05) is 0 Å². The number of esters is 1. The molecule has 0 aromatic rings. The molecular formula is C8H18N2O2. The van der Waals surface area contributed by atoms with Crippen LogP contribution in [0.15, 0.2) is 12.2 Å². The SMILES string of the molecule is C=C(C)C(=O)OCC(C)(C)N.N. The van der Waals surface area contributed by atoms with Gasteiger partial charge >= 0.3 is 5.97 Å². The fraction of sp³-hybridized carbons (Fsp3) is 0.625. The number of rotatable bonds is 3. The van der Waals surface area contributed by atoms with Crippen molar-refractivity contribution in [2.24, 2.45) is 5.73 Å². The van der Waals surface area contributed by atoms with E-state index in [2.05, 4.69) is 6.58 Å². The molecule has 0 heterocycles. The Bertz CT molecular complexity index is 170. The summed E-state index contributed by atoms with van der Waals surface area (Å²) in [5, 5.41) is 0. The van der Waals surface area contributed by atoms with Crippen LogP contribution >= 0.6 is 0 Å². The van der Waals surface area contributed by atoms with Crippen LogP contribution in [0.1, 0.15) is 20.8 Å². The Kier molecular flexibility index (Phi) is 5.59. The molecule has 0 spiro atoms. The molecule has 0 aromatic heterocycles. The molecule has 4 heteroatoms. The molecule has 5 N–H and O–H groups in total. The third-order valence-corrected chi connectivity index (χ3v) is 0.924. The first kappa shape index (κ1) is 13.7. The molecule has 12 heavy (non-hydrogen) atoms. The van der Waals surface area contributed by atoms with Gasteiger partial charge in [-0.15, -0.1) is 0 Å². The molecule has 0 aromatic carbocycles. The molecule has 0 aliphatic rings. The highest BCUT2D eigenvalue weighted by Crippen LogP contribution is 1.99. The van der Waals surface area contributed by atoms with Gasteiger partial charge in [-0.05, 0) is 20.8 Å². The molecule has 0 saturated carbocycles. The second kappa shape index (κ2) is 4.90. The van der Waals surface area contributed by atoms with E-state index < -0.39 is 5.54 Å². The lowest BCUT2D eigenvalue weighted by Gasteiger charge is -2.17. The summed E-state index contributed by atoms with van der Waals surface area (Å²) in [6, 6.07) is 0. The molecule has 0 atom stereocenters. The van der Waals surface area contributed by atoms with Crippen LogP contribution in [0.4, 0.5) is 0 Å². The van der Waals surface area contributed by atoms with Crippen LogP contribution in [0.25, 0.3) is 0 Å². The number of nitrogens with two attached hydrogens (primary N) is 1. The van der Waals surface area contributed by atoms with E-state index in [0.29, 0.717) is 5.57 Å². The molecule has 4 nitrogen and oxygen atoms in total. The second-order valence-electron chi connectivity index (χ2n) is 3.35. The average molecular weight is 174 g/mol. The number of carbonyl (C=O) groups is 1. The quantitative estimate of drug-likeness (QED) is 0.493. The number of ether oxygens (including phenoxy) is 1. The largest absolute Gasteiger partial charge is 0.460 e. The maximum absolute atomic E-state index is 10.8. The van der Waals surface area contributed by atoms with Crippen molar-refractivity contribution in [3.05, 3.63) is 12.2 Å². The zero-order valence-corrected chi connectivity index (χ0v) is 8.02. The maximum Gasteiger partial charge on any atom is 0.333 e. The van der Waals surface area contributed by atoms with Crippen molar-refractivity contribution in [3.63, 3.8) is 0 Å². The van der Waals surface area contributed by atoms with Crippen molar-refractivity contribution in [1.82, 2.24) is 6.15 Å². The van der Waals surface area contributed by atoms with E-state index in [9.17, 15) is 4.79 Å². The third kappa shape index (κ3) is 7.24. The number of hydrogen-bond donors (Lipinski definition) is 2. The summed E-state index contributed by atoms with van der Waals surface area (Å²) in [6.07, 6.45) is 0. The summed E-state index contributed by atoms with van der Waals surface area (Å²) in [5.41, 5.74) is 5.51. The van der Waals surface area contributed by atoms with E-state index in [0.717, 1.165) is 0 Å². The summed E-state index contributed by atoms with van der Waals surface area (Å²) in [5.74, 6) is -0.386. The van der Waals surface area contributed by atoms with E-state index in [1.165, 1.54) is 0 Å². The first-order valence-electron chi connectivity index (χ1n) is 3.44. The zero-order valence-electron chi connectivity index (χ0n) is 8.02. The molecule has 0 radical (unpaired) electrons. The highest BCUT2D eigenvalue weighted by atomic mass is 16.5. The Balaban J connectivity index is 0. The fourth-order valence-corrected chi connectivity index (χ4v) is 0.375. The van der Waals surface area contributed by atoms with Gasteiger partial charge in [0.1, 0.15) is 6.61 Å². The van der Waals surface area contributed by atoms with Crippen molar-refractivity contribution >= 4 is 5.97 Å². The summed E-state index contributed by atoms with van der Waals surface area (Å²) in [6.45, 7) is 8.85. The fourth-order valence-electron chi connectivity index (χ4n) is 0.375. The van der Waals surface area contributed by atoms with Crippen LogP contribution in [-0.2, 0) is 9.53 Å². The summed E-state index contributed by atoms with van der Waals surface area (Å²) >= 11 is 0. The lowest BCUT2D eigenvalue weighted by molar-refractivity contribution is -0.140. The summed E-state index contributed by atoms with van der Waals surface area (Å²) in [7, 11) is 0. The molecule has 0 saturated heterocycles. The van der Waals surface area contributed by atoms with E-state index in [1.54, 1.807) is 20.8 Å². The predicted molar refractivity (Wildman–Crippen MR) is 49.1 cm³/mol. The molecule has 72 valence electrons. The number of hydrogen-bond acceptors (Lipinski definition) is 4. The van der Waals surface area contributed by atoms with E-state index in [-0.39, 0.29) is 18.7 Å². The van der Waals surface area contributed by atoms with Crippen LogP contribution in [0.2, 0.25) is 0 Å². The second-order valence-corrected chi connectivity index (χ2v) is 3.35. The Hall–Kier alpha value is -0.870. The average Bonchev–Trinajstić information content (AvgIpc) is 1.80. The zero-order chi connectivity index (χ0) is 9.07. The van der Waals surface area contributed by atoms with Crippen LogP contribution in [0.3, 0.4) is 0 Å². The van der Waals surface area contributed by atoms with Crippen LogP contribution in [-0.4, -0.2) is 18.1 Å². The van der Waals surface area contributed by atoms with Gasteiger partial charge < -0.3 is 16.6 Å².